The van der Waals surface area contributed by atoms with Crippen molar-refractivity contribution in [3.05, 3.63) is 82.4 Å². The highest BCUT2D eigenvalue weighted by Crippen LogP contribution is 2.30. The van der Waals surface area contributed by atoms with Gasteiger partial charge in [-0.05, 0) is 73.4 Å². The van der Waals surface area contributed by atoms with E-state index in [1.807, 2.05) is 6.92 Å². The molecule has 3 rings (SSSR count). The number of carbonyl (C=O) groups is 1. The average Bonchev–Trinajstić information content (AvgIpc) is 2.79. The number of aliphatic hydroxyl groups is 1. The first kappa shape index (κ1) is 25.1. The highest BCUT2D eigenvalue weighted by atomic mass is 19.1. The maximum atomic E-state index is 13.7. The molecular weight excluding hydrogens is 422 g/mol. The van der Waals surface area contributed by atoms with Crippen LogP contribution in [-0.4, -0.2) is 29.7 Å². The number of benzene rings is 2. The maximum Gasteiger partial charge on any atom is 0.224 e. The van der Waals surface area contributed by atoms with Crippen molar-refractivity contribution in [1.82, 2.24) is 10.6 Å². The Balaban J connectivity index is 1.72. The summed E-state index contributed by atoms with van der Waals surface area (Å²) >= 11 is 0. The van der Waals surface area contributed by atoms with E-state index in [0.717, 1.165) is 31.7 Å². The molecule has 1 amide bonds. The van der Waals surface area contributed by atoms with Gasteiger partial charge in [0.05, 0.1) is 12.1 Å². The first-order chi connectivity index (χ1) is 15.9. The number of halogens is 2. The van der Waals surface area contributed by atoms with Gasteiger partial charge in [0.2, 0.25) is 5.91 Å². The van der Waals surface area contributed by atoms with Crippen LogP contribution in [-0.2, 0) is 24.1 Å². The molecular formula is C27H34F2N2O2. The number of carbonyl (C=O) groups excluding carboxylic acids is 1. The number of hydrogen-bond acceptors (Lipinski definition) is 3. The Bertz CT molecular complexity index is 956. The molecule has 0 aromatic heterocycles. The largest absolute Gasteiger partial charge is 0.390 e. The van der Waals surface area contributed by atoms with E-state index in [0.29, 0.717) is 5.56 Å². The first-order valence-electron chi connectivity index (χ1n) is 11.8. The predicted molar refractivity (Wildman–Crippen MR) is 127 cm³/mol. The highest BCUT2D eigenvalue weighted by Gasteiger charge is 2.25. The van der Waals surface area contributed by atoms with E-state index >= 15 is 0 Å². The summed E-state index contributed by atoms with van der Waals surface area (Å²) in [7, 11) is 0. The minimum atomic E-state index is -0.925. The van der Waals surface area contributed by atoms with E-state index in [2.05, 4.69) is 35.8 Å². The summed E-state index contributed by atoms with van der Waals surface area (Å²) in [6, 6.07) is 9.33. The zero-order valence-electron chi connectivity index (χ0n) is 19.4. The van der Waals surface area contributed by atoms with Crippen molar-refractivity contribution in [2.45, 2.75) is 70.6 Å². The van der Waals surface area contributed by atoms with Gasteiger partial charge in [-0.2, -0.15) is 0 Å². The fourth-order valence-corrected chi connectivity index (χ4v) is 4.44. The molecule has 3 atom stereocenters. The summed E-state index contributed by atoms with van der Waals surface area (Å²) in [5, 5.41) is 17.3. The van der Waals surface area contributed by atoms with E-state index in [-0.39, 0.29) is 31.3 Å². The SMILES string of the molecule is CC=CCC(=O)NC(Cc1cc(F)cc(F)c1)C(O)CNC1CCCc2ccc(CC)cc21. The van der Waals surface area contributed by atoms with Gasteiger partial charge in [0.15, 0.2) is 0 Å². The van der Waals surface area contributed by atoms with E-state index in [1.54, 1.807) is 12.2 Å². The van der Waals surface area contributed by atoms with Crippen molar-refractivity contribution < 1.29 is 18.7 Å². The zero-order chi connectivity index (χ0) is 23.8. The summed E-state index contributed by atoms with van der Waals surface area (Å²) in [5.41, 5.74) is 4.27. The number of aryl methyl sites for hydroxylation is 2. The van der Waals surface area contributed by atoms with Crippen molar-refractivity contribution in [3.63, 3.8) is 0 Å². The van der Waals surface area contributed by atoms with Crippen molar-refractivity contribution in [2.75, 3.05) is 6.54 Å². The monoisotopic (exact) mass is 456 g/mol. The highest BCUT2D eigenvalue weighted by molar-refractivity contribution is 5.77. The first-order valence-corrected chi connectivity index (χ1v) is 11.8. The van der Waals surface area contributed by atoms with Gasteiger partial charge in [-0.3, -0.25) is 4.79 Å². The van der Waals surface area contributed by atoms with E-state index in [4.69, 9.17) is 0 Å². The molecule has 1 aliphatic rings. The second-order valence-corrected chi connectivity index (χ2v) is 8.74. The molecule has 0 saturated carbocycles. The van der Waals surface area contributed by atoms with Gasteiger partial charge in [-0.1, -0.05) is 37.3 Å². The Morgan fingerprint density at radius 1 is 1.18 bits per heavy atom. The fraction of sp³-hybridized carbons (Fsp3) is 0.444. The molecule has 3 N–H and O–H groups in total. The van der Waals surface area contributed by atoms with Crippen LogP contribution in [0.3, 0.4) is 0 Å². The number of hydrogen-bond donors (Lipinski definition) is 3. The van der Waals surface area contributed by atoms with E-state index in [9.17, 15) is 18.7 Å². The third-order valence-corrected chi connectivity index (χ3v) is 6.23. The molecule has 0 saturated heterocycles. The van der Waals surface area contributed by atoms with Gasteiger partial charge in [0.1, 0.15) is 11.6 Å². The van der Waals surface area contributed by atoms with E-state index in [1.165, 1.54) is 28.8 Å². The second kappa shape index (κ2) is 12.1. The van der Waals surface area contributed by atoms with Crippen LogP contribution in [0, 0.1) is 11.6 Å². The molecule has 0 radical (unpaired) electrons. The minimum Gasteiger partial charge on any atom is -0.390 e. The van der Waals surface area contributed by atoms with Gasteiger partial charge >= 0.3 is 0 Å². The van der Waals surface area contributed by atoms with Crippen molar-refractivity contribution in [3.8, 4) is 0 Å². The number of aliphatic hydroxyl groups excluding tert-OH is 1. The quantitative estimate of drug-likeness (QED) is 0.460. The standard InChI is InChI=1S/C27H34F2N2O2/c1-3-5-9-27(33)31-25(15-19-12-21(28)16-22(29)13-19)26(32)17-30-24-8-6-7-20-11-10-18(4-2)14-23(20)24/h3,5,10-14,16,24-26,30,32H,4,6-9,15,17H2,1-2H3,(H,31,33). The van der Waals surface area contributed by atoms with Crippen LogP contribution in [0.1, 0.15) is 61.4 Å². The Kier molecular flexibility index (Phi) is 9.15. The van der Waals surface area contributed by atoms with Crippen LogP contribution >= 0.6 is 0 Å². The summed E-state index contributed by atoms with van der Waals surface area (Å²) in [6.07, 6.45) is 6.94. The summed E-state index contributed by atoms with van der Waals surface area (Å²) in [6.45, 7) is 4.21. The summed E-state index contributed by atoms with van der Waals surface area (Å²) < 4.78 is 27.4. The maximum absolute atomic E-state index is 13.7. The Labute approximate surface area is 195 Å². The molecule has 2 aromatic rings. The molecule has 6 heteroatoms. The van der Waals surface area contributed by atoms with Gasteiger partial charge in [-0.25, -0.2) is 8.78 Å². The molecule has 0 aliphatic heterocycles. The minimum absolute atomic E-state index is 0.125. The predicted octanol–water partition coefficient (Wildman–Crippen LogP) is 4.55. The third-order valence-electron chi connectivity index (χ3n) is 6.23. The van der Waals surface area contributed by atoms with Crippen LogP contribution in [0.5, 0.6) is 0 Å². The van der Waals surface area contributed by atoms with Gasteiger partial charge in [0.25, 0.3) is 0 Å². The van der Waals surface area contributed by atoms with Crippen LogP contribution in [0.15, 0.2) is 48.6 Å². The number of fused-ring (bicyclic) bond motifs is 1. The van der Waals surface area contributed by atoms with Crippen molar-refractivity contribution >= 4 is 5.91 Å². The molecule has 178 valence electrons. The number of nitrogens with one attached hydrogen (secondary N) is 2. The average molecular weight is 457 g/mol. The van der Waals surface area contributed by atoms with Crippen molar-refractivity contribution in [2.24, 2.45) is 0 Å². The zero-order valence-corrected chi connectivity index (χ0v) is 19.4. The third kappa shape index (κ3) is 7.21. The van der Waals surface area contributed by atoms with Gasteiger partial charge < -0.3 is 15.7 Å². The second-order valence-electron chi connectivity index (χ2n) is 8.74. The molecule has 2 aromatic carbocycles. The van der Waals surface area contributed by atoms with E-state index < -0.39 is 23.8 Å². The Morgan fingerprint density at radius 3 is 2.64 bits per heavy atom. The lowest BCUT2D eigenvalue weighted by Gasteiger charge is -2.30. The molecule has 3 unspecified atom stereocenters. The summed E-state index contributed by atoms with van der Waals surface area (Å²) in [5.74, 6) is -1.60. The van der Waals surface area contributed by atoms with Crippen LogP contribution in [0.25, 0.3) is 0 Å². The molecule has 1 aliphatic carbocycles. The van der Waals surface area contributed by atoms with Gasteiger partial charge in [-0.15, -0.1) is 0 Å². The molecule has 0 bridgehead atoms. The fourth-order valence-electron chi connectivity index (χ4n) is 4.44. The normalized spacial score (nSPS) is 17.5. The Morgan fingerprint density at radius 2 is 1.94 bits per heavy atom. The molecule has 4 nitrogen and oxygen atoms in total. The summed E-state index contributed by atoms with van der Waals surface area (Å²) in [4.78, 5) is 12.3. The van der Waals surface area contributed by atoms with Crippen LogP contribution in [0.2, 0.25) is 0 Å². The number of amides is 1. The molecule has 0 fully saturated rings. The number of rotatable bonds is 10. The van der Waals surface area contributed by atoms with Crippen LogP contribution in [0.4, 0.5) is 8.78 Å². The topological polar surface area (TPSA) is 61.4 Å². The van der Waals surface area contributed by atoms with Crippen molar-refractivity contribution in [1.29, 1.82) is 0 Å². The lowest BCUT2D eigenvalue weighted by molar-refractivity contribution is -0.121. The lowest BCUT2D eigenvalue weighted by Crippen LogP contribution is -2.49. The Hall–Kier alpha value is -2.57. The molecule has 33 heavy (non-hydrogen) atoms. The smallest absolute Gasteiger partial charge is 0.224 e. The molecule has 0 heterocycles. The van der Waals surface area contributed by atoms with Gasteiger partial charge in [0, 0.05) is 25.1 Å². The molecule has 0 spiro atoms. The van der Waals surface area contributed by atoms with Crippen LogP contribution < -0.4 is 10.6 Å². The number of allylic oxidation sites excluding steroid dienone is 1. The lowest BCUT2D eigenvalue weighted by atomic mass is 9.86.